The van der Waals surface area contributed by atoms with Gasteiger partial charge >= 0.3 is 0 Å². The van der Waals surface area contributed by atoms with Crippen molar-refractivity contribution in [3.8, 4) is 0 Å². The van der Waals surface area contributed by atoms with Crippen LogP contribution in [0.4, 0.5) is 0 Å². The molecule has 2 unspecified atom stereocenters. The zero-order valence-corrected chi connectivity index (χ0v) is 11.9. The average molecular weight is 288 g/mol. The van der Waals surface area contributed by atoms with Crippen LogP contribution >= 0.6 is 27.3 Å². The number of nitrogens with one attached hydrogen (secondary N) is 1. The molecule has 1 aromatic heterocycles. The Morgan fingerprint density at radius 1 is 1.67 bits per heavy atom. The summed E-state index contributed by atoms with van der Waals surface area (Å²) in [6.45, 7) is 4.73. The van der Waals surface area contributed by atoms with Crippen LogP contribution in [-0.4, -0.2) is 13.1 Å². The number of thiophene rings is 1. The van der Waals surface area contributed by atoms with Gasteiger partial charge in [-0.05, 0) is 53.2 Å². The van der Waals surface area contributed by atoms with E-state index in [0.717, 1.165) is 5.92 Å². The summed E-state index contributed by atoms with van der Waals surface area (Å²) in [6.07, 6.45) is 2.53. The highest BCUT2D eigenvalue weighted by Gasteiger charge is 2.49. The van der Waals surface area contributed by atoms with Crippen molar-refractivity contribution in [3.63, 3.8) is 0 Å². The van der Waals surface area contributed by atoms with Gasteiger partial charge in [0.15, 0.2) is 0 Å². The summed E-state index contributed by atoms with van der Waals surface area (Å²) in [6, 6.07) is 2.88. The van der Waals surface area contributed by atoms with Gasteiger partial charge in [0, 0.05) is 20.8 Å². The Morgan fingerprint density at radius 2 is 2.33 bits per heavy atom. The normalized spacial score (nSPS) is 25.2. The monoisotopic (exact) mass is 287 g/mol. The van der Waals surface area contributed by atoms with Crippen LogP contribution < -0.4 is 5.32 Å². The van der Waals surface area contributed by atoms with Crippen molar-refractivity contribution in [1.82, 2.24) is 5.32 Å². The molecule has 0 spiro atoms. The molecule has 1 N–H and O–H groups in total. The fourth-order valence-electron chi connectivity index (χ4n) is 2.32. The molecule has 2 atom stereocenters. The lowest BCUT2D eigenvalue weighted by Gasteiger charge is -2.16. The van der Waals surface area contributed by atoms with Crippen molar-refractivity contribution in [2.24, 2.45) is 11.3 Å². The Labute approximate surface area is 104 Å². The molecule has 15 heavy (non-hydrogen) atoms. The van der Waals surface area contributed by atoms with Gasteiger partial charge < -0.3 is 5.32 Å². The van der Waals surface area contributed by atoms with Crippen LogP contribution in [0.5, 0.6) is 0 Å². The van der Waals surface area contributed by atoms with Gasteiger partial charge in [-0.15, -0.1) is 11.3 Å². The fraction of sp³-hybridized carbons (Fsp3) is 0.667. The third-order valence-corrected chi connectivity index (χ3v) is 5.21. The van der Waals surface area contributed by atoms with E-state index >= 15 is 0 Å². The molecule has 3 heteroatoms. The number of hydrogen-bond acceptors (Lipinski definition) is 2. The first kappa shape index (κ1) is 11.6. The van der Waals surface area contributed by atoms with E-state index in [9.17, 15) is 0 Å². The first-order chi connectivity index (χ1) is 7.03. The molecule has 1 aromatic rings. The van der Waals surface area contributed by atoms with Gasteiger partial charge in [0.1, 0.15) is 0 Å². The molecular weight excluding hydrogens is 270 g/mol. The van der Waals surface area contributed by atoms with E-state index < -0.39 is 0 Å². The molecule has 0 aromatic carbocycles. The fourth-order valence-corrected chi connectivity index (χ4v) is 3.83. The molecule has 1 saturated carbocycles. The Kier molecular flexibility index (Phi) is 3.25. The summed E-state index contributed by atoms with van der Waals surface area (Å²) < 4.78 is 1.22. The predicted molar refractivity (Wildman–Crippen MR) is 70.5 cm³/mol. The largest absolute Gasteiger partial charge is 0.316 e. The maximum absolute atomic E-state index is 3.51. The maximum atomic E-state index is 3.51. The molecule has 0 aliphatic heterocycles. The highest BCUT2D eigenvalue weighted by molar-refractivity contribution is 9.10. The topological polar surface area (TPSA) is 12.0 Å². The van der Waals surface area contributed by atoms with Crippen LogP contribution in [0.15, 0.2) is 15.9 Å². The van der Waals surface area contributed by atoms with Gasteiger partial charge in [0.05, 0.1) is 0 Å². The first-order valence-corrected chi connectivity index (χ1v) is 7.10. The Hall–Kier alpha value is 0.140. The smallest absolute Gasteiger partial charge is 0.0285 e. The van der Waals surface area contributed by atoms with Gasteiger partial charge in [0.2, 0.25) is 0 Å². The van der Waals surface area contributed by atoms with Crippen molar-refractivity contribution >= 4 is 27.3 Å². The van der Waals surface area contributed by atoms with E-state index in [0.29, 0.717) is 11.5 Å². The van der Waals surface area contributed by atoms with Gasteiger partial charge in [-0.1, -0.05) is 13.8 Å². The number of likely N-dealkylation sites (N-methyl/N-ethyl adjacent to an activating group) is 1. The third kappa shape index (κ3) is 2.63. The minimum absolute atomic E-state index is 0.558. The second kappa shape index (κ2) is 4.19. The van der Waals surface area contributed by atoms with Gasteiger partial charge in [-0.3, -0.25) is 0 Å². The van der Waals surface area contributed by atoms with Crippen LogP contribution in [-0.2, 0) is 6.42 Å². The van der Waals surface area contributed by atoms with E-state index in [1.807, 2.05) is 11.3 Å². The molecule has 1 nitrogen and oxygen atoms in total. The second-order valence-electron chi connectivity index (χ2n) is 5.13. The Balaban J connectivity index is 1.98. The molecule has 0 radical (unpaired) electrons. The van der Waals surface area contributed by atoms with Crippen LogP contribution in [0.3, 0.4) is 0 Å². The molecule has 0 bridgehead atoms. The lowest BCUT2D eigenvalue weighted by molar-refractivity contribution is 0.428. The summed E-state index contributed by atoms with van der Waals surface area (Å²) >= 11 is 5.36. The van der Waals surface area contributed by atoms with Crippen molar-refractivity contribution in [2.75, 3.05) is 7.05 Å². The Bertz CT molecular complexity index is 345. The van der Waals surface area contributed by atoms with Crippen molar-refractivity contribution in [3.05, 3.63) is 20.8 Å². The molecule has 0 saturated heterocycles. The summed E-state index contributed by atoms with van der Waals surface area (Å²) in [4.78, 5) is 1.48. The minimum Gasteiger partial charge on any atom is -0.316 e. The van der Waals surface area contributed by atoms with Crippen molar-refractivity contribution in [2.45, 2.75) is 32.7 Å². The molecule has 1 heterocycles. The lowest BCUT2D eigenvalue weighted by atomic mass is 10.0. The number of halogens is 1. The van der Waals surface area contributed by atoms with Crippen molar-refractivity contribution < 1.29 is 0 Å². The van der Waals surface area contributed by atoms with Crippen LogP contribution in [0, 0.1) is 11.3 Å². The molecule has 1 fully saturated rings. The summed E-state index contributed by atoms with van der Waals surface area (Å²) in [7, 11) is 2.09. The number of hydrogen-bond donors (Lipinski definition) is 1. The second-order valence-corrected chi connectivity index (χ2v) is 7.04. The maximum Gasteiger partial charge on any atom is 0.0285 e. The molecule has 0 amide bonds. The molecule has 1 aliphatic rings. The van der Waals surface area contributed by atoms with E-state index in [4.69, 9.17) is 0 Å². The SMILES string of the molecule is CNC(Cc1cc(Br)cs1)C1CC1(C)C. The predicted octanol–water partition coefficient (Wildman–Crippen LogP) is 3.69. The van der Waals surface area contributed by atoms with Gasteiger partial charge in [-0.25, -0.2) is 0 Å². The lowest BCUT2D eigenvalue weighted by Crippen LogP contribution is -2.31. The molecule has 1 aliphatic carbocycles. The van der Waals surface area contributed by atoms with Crippen LogP contribution in [0.2, 0.25) is 0 Å². The standard InChI is InChI=1S/C12H18BrNS/c1-12(2)6-10(12)11(14-3)5-9-4-8(13)7-15-9/h4,7,10-11,14H,5-6H2,1-3H3. The Morgan fingerprint density at radius 3 is 2.73 bits per heavy atom. The third-order valence-electron chi connectivity index (χ3n) is 3.49. The van der Waals surface area contributed by atoms with Gasteiger partial charge in [-0.2, -0.15) is 0 Å². The van der Waals surface area contributed by atoms with Crippen molar-refractivity contribution in [1.29, 1.82) is 0 Å². The molecular formula is C12H18BrNS. The average Bonchev–Trinajstić information content (AvgIpc) is 2.59. The summed E-state index contributed by atoms with van der Waals surface area (Å²) in [5.41, 5.74) is 0.558. The minimum atomic E-state index is 0.558. The van der Waals surface area contributed by atoms with E-state index in [1.165, 1.54) is 22.2 Å². The molecule has 84 valence electrons. The zero-order valence-electron chi connectivity index (χ0n) is 9.51. The highest BCUT2D eigenvalue weighted by Crippen LogP contribution is 2.54. The highest BCUT2D eigenvalue weighted by atomic mass is 79.9. The van der Waals surface area contributed by atoms with Crippen LogP contribution in [0.25, 0.3) is 0 Å². The summed E-state index contributed by atoms with van der Waals surface area (Å²) in [5, 5.41) is 5.64. The van der Waals surface area contributed by atoms with E-state index in [1.54, 1.807) is 0 Å². The quantitative estimate of drug-likeness (QED) is 0.891. The van der Waals surface area contributed by atoms with E-state index in [2.05, 4.69) is 53.6 Å². The van der Waals surface area contributed by atoms with E-state index in [-0.39, 0.29) is 0 Å². The van der Waals surface area contributed by atoms with Gasteiger partial charge in [0.25, 0.3) is 0 Å². The number of rotatable bonds is 4. The van der Waals surface area contributed by atoms with Crippen LogP contribution in [0.1, 0.15) is 25.1 Å². The molecule has 2 rings (SSSR count). The zero-order chi connectivity index (χ0) is 11.1. The summed E-state index contributed by atoms with van der Waals surface area (Å²) in [5.74, 6) is 0.850. The first-order valence-electron chi connectivity index (χ1n) is 5.43.